The van der Waals surface area contributed by atoms with Crippen molar-refractivity contribution < 1.29 is 14.3 Å². The first-order chi connectivity index (χ1) is 12.8. The zero-order valence-corrected chi connectivity index (χ0v) is 19.0. The van der Waals surface area contributed by atoms with Crippen molar-refractivity contribution in [3.05, 3.63) is 0 Å². The van der Waals surface area contributed by atoms with E-state index in [1.807, 2.05) is 11.8 Å². The normalized spacial score (nSPS) is 18.7. The second-order valence-corrected chi connectivity index (χ2v) is 7.05. The van der Waals surface area contributed by atoms with Crippen molar-refractivity contribution in [3.63, 3.8) is 0 Å². The average Bonchev–Trinajstić information content (AvgIpc) is 2.69. The van der Waals surface area contributed by atoms with Gasteiger partial charge in [0.25, 0.3) is 0 Å². The summed E-state index contributed by atoms with van der Waals surface area (Å²) in [7, 11) is 0. The van der Waals surface area contributed by atoms with E-state index in [0.717, 1.165) is 84.7 Å². The standard InChI is InChI=1S/C19H36N4O3.HI/c1-2-20-19(22-15-18(24)23-10-4-3-5-11-23)21-9-6-12-26-16-17-7-13-25-14-8-17;/h17H,2-16H2,1H3,(H2,20,21,22);1H. The molecule has 2 heterocycles. The van der Waals surface area contributed by atoms with Crippen molar-refractivity contribution in [1.29, 1.82) is 0 Å². The molecular weight excluding hydrogens is 459 g/mol. The van der Waals surface area contributed by atoms with Gasteiger partial charge in [0.2, 0.25) is 5.91 Å². The van der Waals surface area contributed by atoms with Crippen LogP contribution in [0.25, 0.3) is 0 Å². The predicted molar refractivity (Wildman–Crippen MR) is 119 cm³/mol. The smallest absolute Gasteiger partial charge is 0.244 e. The summed E-state index contributed by atoms with van der Waals surface area (Å²) in [5.41, 5.74) is 0. The number of aliphatic imine (C=N–C) groups is 1. The van der Waals surface area contributed by atoms with Crippen molar-refractivity contribution in [2.24, 2.45) is 10.9 Å². The van der Waals surface area contributed by atoms with Crippen LogP contribution in [-0.4, -0.2) is 75.9 Å². The fraction of sp³-hybridized carbons (Fsp3) is 0.895. The van der Waals surface area contributed by atoms with E-state index in [1.54, 1.807) is 0 Å². The van der Waals surface area contributed by atoms with Gasteiger partial charge in [0.05, 0.1) is 0 Å². The lowest BCUT2D eigenvalue weighted by molar-refractivity contribution is -0.130. The Bertz CT molecular complexity index is 425. The third kappa shape index (κ3) is 10.5. The Labute approximate surface area is 181 Å². The number of hydrogen-bond donors (Lipinski definition) is 2. The van der Waals surface area contributed by atoms with E-state index >= 15 is 0 Å². The molecule has 2 fully saturated rings. The van der Waals surface area contributed by atoms with Crippen LogP contribution < -0.4 is 10.6 Å². The summed E-state index contributed by atoms with van der Waals surface area (Å²) in [4.78, 5) is 18.6. The molecule has 0 spiro atoms. The minimum Gasteiger partial charge on any atom is -0.381 e. The summed E-state index contributed by atoms with van der Waals surface area (Å²) in [5, 5.41) is 6.48. The maximum atomic E-state index is 12.2. The third-order valence-electron chi connectivity index (χ3n) is 4.88. The minimum absolute atomic E-state index is 0. The summed E-state index contributed by atoms with van der Waals surface area (Å²) in [6, 6.07) is 0. The van der Waals surface area contributed by atoms with E-state index in [2.05, 4.69) is 15.6 Å². The number of rotatable bonds is 9. The molecule has 0 aromatic heterocycles. The minimum atomic E-state index is 0. The second kappa shape index (κ2) is 15.3. The molecule has 2 saturated heterocycles. The van der Waals surface area contributed by atoms with E-state index in [9.17, 15) is 4.79 Å². The molecule has 158 valence electrons. The first-order valence-corrected chi connectivity index (χ1v) is 10.2. The van der Waals surface area contributed by atoms with Crippen LogP contribution >= 0.6 is 24.0 Å². The summed E-state index contributed by atoms with van der Waals surface area (Å²) in [5.74, 6) is 1.49. The Morgan fingerprint density at radius 3 is 2.63 bits per heavy atom. The molecular formula is C19H37IN4O3. The van der Waals surface area contributed by atoms with Crippen LogP contribution in [0.2, 0.25) is 0 Å². The molecule has 2 aliphatic rings. The zero-order valence-electron chi connectivity index (χ0n) is 16.7. The van der Waals surface area contributed by atoms with Crippen LogP contribution in [0, 0.1) is 5.92 Å². The Morgan fingerprint density at radius 2 is 1.93 bits per heavy atom. The lowest BCUT2D eigenvalue weighted by Gasteiger charge is -2.26. The highest BCUT2D eigenvalue weighted by Crippen LogP contribution is 2.14. The Morgan fingerprint density at radius 1 is 1.19 bits per heavy atom. The summed E-state index contributed by atoms with van der Waals surface area (Å²) >= 11 is 0. The van der Waals surface area contributed by atoms with Crippen LogP contribution in [0.1, 0.15) is 45.4 Å². The SMILES string of the molecule is CCNC(=NCC(=O)N1CCCCC1)NCCCOCC1CCOCC1.I. The molecule has 27 heavy (non-hydrogen) atoms. The number of amides is 1. The molecule has 0 atom stereocenters. The van der Waals surface area contributed by atoms with Gasteiger partial charge in [-0.15, -0.1) is 24.0 Å². The second-order valence-electron chi connectivity index (χ2n) is 7.05. The van der Waals surface area contributed by atoms with Crippen LogP contribution in [0.15, 0.2) is 4.99 Å². The quantitative estimate of drug-likeness (QED) is 0.221. The number of piperidine rings is 1. The molecule has 7 nitrogen and oxygen atoms in total. The van der Waals surface area contributed by atoms with Gasteiger partial charge in [0, 0.05) is 52.6 Å². The lowest BCUT2D eigenvalue weighted by Crippen LogP contribution is -2.41. The van der Waals surface area contributed by atoms with Gasteiger partial charge in [-0.25, -0.2) is 4.99 Å². The van der Waals surface area contributed by atoms with Crippen molar-refractivity contribution >= 4 is 35.8 Å². The van der Waals surface area contributed by atoms with Crippen molar-refractivity contribution in [3.8, 4) is 0 Å². The lowest BCUT2D eigenvalue weighted by atomic mass is 10.0. The highest BCUT2D eigenvalue weighted by Gasteiger charge is 2.16. The van der Waals surface area contributed by atoms with Gasteiger partial charge >= 0.3 is 0 Å². The number of nitrogens with zero attached hydrogens (tertiary/aromatic N) is 2. The number of carbonyl (C=O) groups is 1. The largest absolute Gasteiger partial charge is 0.381 e. The van der Waals surface area contributed by atoms with Crippen LogP contribution in [0.5, 0.6) is 0 Å². The number of carbonyl (C=O) groups excluding carboxylic acids is 1. The zero-order chi connectivity index (χ0) is 18.5. The first kappa shape index (κ1) is 24.4. The van der Waals surface area contributed by atoms with Crippen LogP contribution in [-0.2, 0) is 14.3 Å². The average molecular weight is 496 g/mol. The molecule has 0 aliphatic carbocycles. The fourth-order valence-corrected chi connectivity index (χ4v) is 3.28. The van der Waals surface area contributed by atoms with Gasteiger partial charge < -0.3 is 25.0 Å². The maximum absolute atomic E-state index is 12.2. The van der Waals surface area contributed by atoms with E-state index in [4.69, 9.17) is 9.47 Å². The van der Waals surface area contributed by atoms with E-state index in [1.165, 1.54) is 6.42 Å². The molecule has 2 rings (SSSR count). The Kier molecular flexibility index (Phi) is 13.9. The van der Waals surface area contributed by atoms with E-state index in [0.29, 0.717) is 11.9 Å². The number of hydrogen-bond acceptors (Lipinski definition) is 4. The fourth-order valence-electron chi connectivity index (χ4n) is 3.28. The van der Waals surface area contributed by atoms with Crippen molar-refractivity contribution in [2.75, 3.05) is 59.2 Å². The molecule has 0 radical (unpaired) electrons. The molecule has 2 aliphatic heterocycles. The predicted octanol–water partition coefficient (Wildman–Crippen LogP) is 2.01. The van der Waals surface area contributed by atoms with Gasteiger partial charge in [-0.1, -0.05) is 0 Å². The summed E-state index contributed by atoms with van der Waals surface area (Å²) < 4.78 is 11.1. The van der Waals surface area contributed by atoms with Crippen LogP contribution in [0.3, 0.4) is 0 Å². The number of ether oxygens (including phenoxy) is 2. The molecule has 8 heteroatoms. The Hall–Kier alpha value is -0.610. The Balaban J connectivity index is 0.00000364. The van der Waals surface area contributed by atoms with Gasteiger partial charge in [0.15, 0.2) is 5.96 Å². The monoisotopic (exact) mass is 496 g/mol. The van der Waals surface area contributed by atoms with Gasteiger partial charge in [0.1, 0.15) is 6.54 Å². The van der Waals surface area contributed by atoms with E-state index < -0.39 is 0 Å². The molecule has 0 aromatic carbocycles. The van der Waals surface area contributed by atoms with Gasteiger partial charge in [-0.05, 0) is 51.4 Å². The highest BCUT2D eigenvalue weighted by molar-refractivity contribution is 14.0. The number of nitrogens with one attached hydrogen (secondary N) is 2. The summed E-state index contributed by atoms with van der Waals surface area (Å²) in [6.45, 7) is 8.89. The number of halogens is 1. The molecule has 0 bridgehead atoms. The molecule has 0 unspecified atom stereocenters. The number of likely N-dealkylation sites (tertiary alicyclic amines) is 1. The van der Waals surface area contributed by atoms with E-state index in [-0.39, 0.29) is 36.4 Å². The van der Waals surface area contributed by atoms with Gasteiger partial charge in [-0.3, -0.25) is 4.79 Å². The van der Waals surface area contributed by atoms with Crippen molar-refractivity contribution in [2.45, 2.75) is 45.4 Å². The van der Waals surface area contributed by atoms with Gasteiger partial charge in [-0.2, -0.15) is 0 Å². The molecule has 0 saturated carbocycles. The summed E-state index contributed by atoms with van der Waals surface area (Å²) in [6.07, 6.45) is 6.60. The van der Waals surface area contributed by atoms with Crippen molar-refractivity contribution in [1.82, 2.24) is 15.5 Å². The maximum Gasteiger partial charge on any atom is 0.244 e. The molecule has 2 N–H and O–H groups in total. The first-order valence-electron chi connectivity index (χ1n) is 10.2. The third-order valence-corrected chi connectivity index (χ3v) is 4.88. The number of guanidine groups is 1. The van der Waals surface area contributed by atoms with Crippen LogP contribution in [0.4, 0.5) is 0 Å². The molecule has 1 amide bonds. The topological polar surface area (TPSA) is 75.2 Å². The molecule has 0 aromatic rings. The highest BCUT2D eigenvalue weighted by atomic mass is 127.